The van der Waals surface area contributed by atoms with Gasteiger partial charge in [0.05, 0.1) is 5.02 Å². The van der Waals surface area contributed by atoms with Gasteiger partial charge in [-0.1, -0.05) is 11.6 Å². The molecule has 1 nitrogen and oxygen atoms in total. The summed E-state index contributed by atoms with van der Waals surface area (Å²) in [6.45, 7) is 2.00. The summed E-state index contributed by atoms with van der Waals surface area (Å²) >= 11 is 5.98. The molecule has 0 aromatic heterocycles. The van der Waals surface area contributed by atoms with Crippen LogP contribution in [0.15, 0.2) is 17.0 Å². The van der Waals surface area contributed by atoms with Crippen LogP contribution in [-0.2, 0) is 6.42 Å². The summed E-state index contributed by atoms with van der Waals surface area (Å²) in [5.41, 5.74) is 6.84. The Labute approximate surface area is 116 Å². The lowest BCUT2D eigenvalue weighted by molar-refractivity contribution is 0.596. The topological polar surface area (TPSA) is 26.0 Å². The molecule has 0 aliphatic carbocycles. The molecule has 1 aromatic rings. The lowest BCUT2D eigenvalue weighted by Gasteiger charge is -2.27. The van der Waals surface area contributed by atoms with Crippen LogP contribution in [0.4, 0.5) is 4.39 Å². The molecule has 1 atom stereocenters. The number of aryl methyl sites for hydroxylation is 1. The first-order chi connectivity index (χ1) is 8.21. The molecule has 0 saturated heterocycles. The van der Waals surface area contributed by atoms with Crippen molar-refractivity contribution in [2.75, 3.05) is 18.8 Å². The number of halogens is 2. The Kier molecular flexibility index (Phi) is 5.50. The zero-order chi connectivity index (χ0) is 13.9. The second-order valence-electron chi connectivity index (χ2n) is 5.60. The van der Waals surface area contributed by atoms with Gasteiger partial charge in [-0.15, -0.1) is 0 Å². The summed E-state index contributed by atoms with van der Waals surface area (Å²) in [5, 5.41) is 0.241. The molecule has 0 heterocycles. The van der Waals surface area contributed by atoms with Crippen LogP contribution in [0.3, 0.4) is 0 Å². The number of hydrogen-bond acceptors (Lipinski definition) is 1. The third-order valence-electron chi connectivity index (χ3n) is 2.84. The van der Waals surface area contributed by atoms with Gasteiger partial charge in [-0.05, 0) is 62.6 Å². The van der Waals surface area contributed by atoms with Crippen molar-refractivity contribution < 1.29 is 4.39 Å². The molecule has 1 aromatic carbocycles. The van der Waals surface area contributed by atoms with E-state index in [0.29, 0.717) is 0 Å². The van der Waals surface area contributed by atoms with Crippen LogP contribution in [-0.4, -0.2) is 24.8 Å². The van der Waals surface area contributed by atoms with Gasteiger partial charge in [0.2, 0.25) is 0 Å². The van der Waals surface area contributed by atoms with Crippen LogP contribution in [0.5, 0.6) is 0 Å². The van der Waals surface area contributed by atoms with E-state index in [4.69, 9.17) is 17.3 Å². The predicted molar refractivity (Wildman–Crippen MR) is 81.6 cm³/mol. The Balaban J connectivity index is 2.91. The average molecular weight is 292 g/mol. The Bertz CT molecular complexity index is 413. The predicted octanol–water partition coefficient (Wildman–Crippen LogP) is 4.20. The third-order valence-corrected chi connectivity index (χ3v) is 4.73. The van der Waals surface area contributed by atoms with Crippen molar-refractivity contribution in [3.63, 3.8) is 0 Å². The molecule has 0 fully saturated rings. The molecule has 104 valence electrons. The largest absolute Gasteiger partial charge is 0.328 e. The van der Waals surface area contributed by atoms with E-state index in [1.165, 1.54) is 0 Å². The molecule has 0 amide bonds. The summed E-state index contributed by atoms with van der Waals surface area (Å²) in [6.07, 6.45) is 9.13. The number of hydrogen-bond donors (Lipinski definition) is 1. The summed E-state index contributed by atoms with van der Waals surface area (Å²) in [5.74, 6) is -0.255. The van der Waals surface area contributed by atoms with Crippen molar-refractivity contribution in [1.29, 1.82) is 0 Å². The number of nitrogens with two attached hydrogens (primary N) is 1. The fourth-order valence-corrected chi connectivity index (χ4v) is 3.29. The quantitative estimate of drug-likeness (QED) is 0.864. The highest BCUT2D eigenvalue weighted by atomic mass is 35.5. The minimum absolute atomic E-state index is 0.216. The van der Waals surface area contributed by atoms with Crippen molar-refractivity contribution in [2.45, 2.75) is 37.1 Å². The highest BCUT2D eigenvalue weighted by Crippen LogP contribution is 2.48. The number of benzene rings is 1. The molecular weight excluding hydrogens is 269 g/mol. The maximum absolute atomic E-state index is 14.0. The standard InChI is InChI=1S/C14H23ClFNS/c1-10(17)6-5-7-11-8-12(15)14(16)13(9-11)18(2,3)4/h8-10H,5-7,17H2,1-4H3. The Morgan fingerprint density at radius 3 is 2.44 bits per heavy atom. The van der Waals surface area contributed by atoms with Gasteiger partial charge in [-0.25, -0.2) is 14.4 Å². The molecule has 2 N–H and O–H groups in total. The summed E-state index contributed by atoms with van der Waals surface area (Å²) in [7, 11) is -1.10. The summed E-state index contributed by atoms with van der Waals surface area (Å²) in [4.78, 5) is 0.769. The van der Waals surface area contributed by atoms with E-state index in [-0.39, 0.29) is 16.9 Å². The molecule has 0 aliphatic rings. The summed E-state index contributed by atoms with van der Waals surface area (Å²) < 4.78 is 14.0. The Morgan fingerprint density at radius 1 is 1.33 bits per heavy atom. The van der Waals surface area contributed by atoms with Crippen molar-refractivity contribution in [1.82, 2.24) is 0 Å². The SMILES string of the molecule is CC(N)CCCc1cc(Cl)c(F)c(S(C)(C)C)c1. The van der Waals surface area contributed by atoms with Crippen molar-refractivity contribution in [3.8, 4) is 0 Å². The Morgan fingerprint density at radius 2 is 1.94 bits per heavy atom. The fourth-order valence-electron chi connectivity index (χ4n) is 1.84. The average Bonchev–Trinajstić information content (AvgIpc) is 2.20. The molecule has 0 aliphatic heterocycles. The second kappa shape index (κ2) is 6.27. The molecule has 18 heavy (non-hydrogen) atoms. The van der Waals surface area contributed by atoms with Gasteiger partial charge in [0.25, 0.3) is 0 Å². The lowest BCUT2D eigenvalue weighted by Crippen LogP contribution is -2.14. The van der Waals surface area contributed by atoms with Gasteiger partial charge in [-0.2, -0.15) is 0 Å². The van der Waals surface area contributed by atoms with Gasteiger partial charge in [0, 0.05) is 10.9 Å². The van der Waals surface area contributed by atoms with Crippen molar-refractivity contribution in [2.24, 2.45) is 5.73 Å². The maximum Gasteiger partial charge on any atom is 0.153 e. The zero-order valence-corrected chi connectivity index (χ0v) is 13.2. The van der Waals surface area contributed by atoms with Gasteiger partial charge in [0.15, 0.2) is 5.82 Å². The van der Waals surface area contributed by atoms with Gasteiger partial charge >= 0.3 is 0 Å². The smallest absolute Gasteiger partial charge is 0.153 e. The molecule has 1 unspecified atom stereocenters. The molecular formula is C14H23ClFNS. The van der Waals surface area contributed by atoms with E-state index >= 15 is 0 Å². The van der Waals surface area contributed by atoms with Crippen LogP contribution in [0.2, 0.25) is 5.02 Å². The molecule has 0 radical (unpaired) electrons. The van der Waals surface area contributed by atoms with Gasteiger partial charge in [0.1, 0.15) is 0 Å². The van der Waals surface area contributed by atoms with Crippen LogP contribution in [0.1, 0.15) is 25.3 Å². The highest BCUT2D eigenvalue weighted by Gasteiger charge is 2.17. The second-order valence-corrected chi connectivity index (χ2v) is 10.1. The minimum atomic E-state index is -1.10. The van der Waals surface area contributed by atoms with Gasteiger partial charge in [-0.3, -0.25) is 0 Å². The molecule has 0 saturated carbocycles. The summed E-state index contributed by atoms with van der Waals surface area (Å²) in [6, 6.07) is 3.93. The third kappa shape index (κ3) is 4.45. The highest BCUT2D eigenvalue weighted by molar-refractivity contribution is 8.32. The van der Waals surface area contributed by atoms with E-state index in [9.17, 15) is 4.39 Å². The monoisotopic (exact) mass is 291 g/mol. The first-order valence-electron chi connectivity index (χ1n) is 6.13. The molecule has 0 bridgehead atoms. The number of rotatable bonds is 5. The zero-order valence-electron chi connectivity index (χ0n) is 11.6. The van der Waals surface area contributed by atoms with E-state index in [0.717, 1.165) is 29.7 Å². The normalized spacial score (nSPS) is 14.6. The Hall–Kier alpha value is -0.250. The fraction of sp³-hybridized carbons (Fsp3) is 0.571. The van der Waals surface area contributed by atoms with E-state index in [2.05, 4.69) is 18.8 Å². The molecule has 4 heteroatoms. The van der Waals surface area contributed by atoms with Crippen molar-refractivity contribution in [3.05, 3.63) is 28.5 Å². The molecule has 0 spiro atoms. The lowest BCUT2D eigenvalue weighted by atomic mass is 10.1. The molecule has 1 rings (SSSR count). The van der Waals surface area contributed by atoms with Gasteiger partial charge < -0.3 is 5.73 Å². The maximum atomic E-state index is 14.0. The van der Waals surface area contributed by atoms with E-state index < -0.39 is 10.0 Å². The van der Waals surface area contributed by atoms with Crippen LogP contribution < -0.4 is 5.73 Å². The van der Waals surface area contributed by atoms with E-state index in [1.54, 1.807) is 6.07 Å². The van der Waals surface area contributed by atoms with Crippen molar-refractivity contribution >= 4 is 21.6 Å². The van der Waals surface area contributed by atoms with E-state index in [1.807, 2.05) is 13.0 Å². The van der Waals surface area contributed by atoms with Crippen LogP contribution in [0, 0.1) is 5.82 Å². The first kappa shape index (κ1) is 15.8. The minimum Gasteiger partial charge on any atom is -0.328 e. The van der Waals surface area contributed by atoms with Crippen LogP contribution >= 0.6 is 21.6 Å². The van der Waals surface area contributed by atoms with Crippen LogP contribution in [0.25, 0.3) is 0 Å². The first-order valence-corrected chi connectivity index (χ1v) is 9.37.